The van der Waals surface area contributed by atoms with Gasteiger partial charge in [0.05, 0.1) is 30.1 Å². The summed E-state index contributed by atoms with van der Waals surface area (Å²) in [5.74, 6) is 2.28. The van der Waals surface area contributed by atoms with Gasteiger partial charge in [-0.05, 0) is 25.0 Å². The molecule has 22 heavy (non-hydrogen) atoms. The predicted octanol–water partition coefficient (Wildman–Crippen LogP) is 1.71. The van der Waals surface area contributed by atoms with Gasteiger partial charge in [-0.2, -0.15) is 0 Å². The van der Waals surface area contributed by atoms with E-state index in [1.54, 1.807) is 33.2 Å². The van der Waals surface area contributed by atoms with Gasteiger partial charge in [0, 0.05) is 19.1 Å². The molecule has 0 radical (unpaired) electrons. The molecule has 1 N–H and O–H groups in total. The number of hydrogen-bond acceptors (Lipinski definition) is 6. The maximum atomic E-state index is 10.5. The number of methoxy groups -OCH3 is 2. The van der Waals surface area contributed by atoms with Gasteiger partial charge in [-0.25, -0.2) is 4.79 Å². The third kappa shape index (κ3) is 4.26. The Morgan fingerprint density at radius 2 is 2.32 bits per heavy atom. The van der Waals surface area contributed by atoms with Crippen LogP contribution in [0.3, 0.4) is 0 Å². The summed E-state index contributed by atoms with van der Waals surface area (Å²) in [5, 5.41) is 6.64. The minimum atomic E-state index is -0.514. The molecule has 0 aromatic heterocycles. The fraction of sp³-hybridized carbons (Fsp3) is 0.714. The molecular formula is C14H22N4O4. The van der Waals surface area contributed by atoms with Crippen molar-refractivity contribution >= 4 is 5.94 Å². The van der Waals surface area contributed by atoms with Crippen molar-refractivity contribution in [3.05, 3.63) is 28.5 Å². The van der Waals surface area contributed by atoms with Crippen LogP contribution in [0.2, 0.25) is 0 Å². The van der Waals surface area contributed by atoms with E-state index in [4.69, 9.17) is 19.7 Å². The van der Waals surface area contributed by atoms with E-state index < -0.39 is 24.3 Å². The van der Waals surface area contributed by atoms with E-state index in [1.807, 2.05) is 6.92 Å². The molecule has 5 atom stereocenters. The molecule has 0 fully saturated rings. The maximum absolute atomic E-state index is 10.5. The summed E-state index contributed by atoms with van der Waals surface area (Å²) in [6, 6.07) is -0.976. The number of azide groups is 1. The summed E-state index contributed by atoms with van der Waals surface area (Å²) in [6.07, 6.45) is 2.48. The lowest BCUT2D eigenvalue weighted by Gasteiger charge is -2.40. The van der Waals surface area contributed by atoms with Crippen LogP contribution in [0.1, 0.15) is 20.3 Å². The van der Waals surface area contributed by atoms with Crippen molar-refractivity contribution in [1.82, 2.24) is 5.32 Å². The smallest absolute Gasteiger partial charge is 0.147 e. The molecule has 1 aliphatic rings. The normalized spacial score (nSPS) is 26.5. The Morgan fingerprint density at radius 1 is 1.59 bits per heavy atom. The van der Waals surface area contributed by atoms with E-state index in [9.17, 15) is 4.79 Å². The predicted molar refractivity (Wildman–Crippen MR) is 80.6 cm³/mol. The average Bonchev–Trinajstić information content (AvgIpc) is 2.51. The highest BCUT2D eigenvalue weighted by atomic mass is 16.6. The Hall–Kier alpha value is -1.98. The van der Waals surface area contributed by atoms with Crippen molar-refractivity contribution in [3.8, 4) is 0 Å². The molecule has 0 bridgehead atoms. The van der Waals surface area contributed by atoms with Crippen LogP contribution >= 0.6 is 0 Å². The molecule has 0 aromatic rings. The van der Waals surface area contributed by atoms with Gasteiger partial charge in [-0.1, -0.05) is 12.0 Å². The molecule has 0 aliphatic carbocycles. The first-order valence-electron chi connectivity index (χ1n) is 7.03. The average molecular weight is 310 g/mol. The topological polar surface area (TPSA) is 106 Å². The summed E-state index contributed by atoms with van der Waals surface area (Å²) in [4.78, 5) is 13.4. The summed E-state index contributed by atoms with van der Waals surface area (Å²) < 4.78 is 16.9. The van der Waals surface area contributed by atoms with Crippen LogP contribution in [0.25, 0.3) is 10.4 Å². The van der Waals surface area contributed by atoms with Crippen molar-refractivity contribution in [2.75, 3.05) is 14.2 Å². The number of allylic oxidation sites excluding steroid dienone is 1. The van der Waals surface area contributed by atoms with Gasteiger partial charge in [0.1, 0.15) is 18.1 Å². The summed E-state index contributed by atoms with van der Waals surface area (Å²) in [5.41, 5.74) is 8.75. The molecule has 0 aromatic carbocycles. The Kier molecular flexibility index (Phi) is 7.49. The maximum Gasteiger partial charge on any atom is 0.147 e. The molecule has 0 spiro atoms. The lowest BCUT2D eigenvalue weighted by molar-refractivity contribution is -0.118. The summed E-state index contributed by atoms with van der Waals surface area (Å²) >= 11 is 0. The second kappa shape index (κ2) is 9.12. The highest BCUT2D eigenvalue weighted by Crippen LogP contribution is 2.27. The standard InChI is InChI=1S/C14H22N4O4/c1-5-11(20-3)13(21-4)14-12(16-6-7-19)10(17-18-15)8-9(2)22-14/h6,8,10-14,16H,5H2,1-4H3/t10?,11?,12?,13?,14-/m1/s1. The lowest BCUT2D eigenvalue weighted by atomic mass is 9.92. The second-order valence-electron chi connectivity index (χ2n) is 4.89. The molecule has 1 aliphatic heterocycles. The SMILES string of the molecule is CCC(OC)C(OC)[C@@H]1OC(C)=CC(N=[N+]=[N-])C1NC=C=O. The molecule has 1 rings (SSSR count). The first kappa shape index (κ1) is 18.1. The molecule has 122 valence electrons. The number of hydrogen-bond donors (Lipinski definition) is 1. The fourth-order valence-corrected chi connectivity index (χ4v) is 2.66. The summed E-state index contributed by atoms with van der Waals surface area (Å²) in [6.45, 7) is 3.75. The van der Waals surface area contributed by atoms with Gasteiger partial charge in [-0.15, -0.1) is 0 Å². The first-order valence-corrected chi connectivity index (χ1v) is 7.03. The third-order valence-corrected chi connectivity index (χ3v) is 3.64. The van der Waals surface area contributed by atoms with E-state index in [1.165, 1.54) is 0 Å². The lowest BCUT2D eigenvalue weighted by Crippen LogP contribution is -2.57. The number of ether oxygens (including phenoxy) is 3. The van der Waals surface area contributed by atoms with Gasteiger partial charge in [0.2, 0.25) is 0 Å². The van der Waals surface area contributed by atoms with E-state index in [0.29, 0.717) is 5.76 Å². The highest BCUT2D eigenvalue weighted by Gasteiger charge is 2.41. The van der Waals surface area contributed by atoms with Crippen LogP contribution in [0.5, 0.6) is 0 Å². The quantitative estimate of drug-likeness (QED) is 0.318. The first-order chi connectivity index (χ1) is 10.6. The fourth-order valence-electron chi connectivity index (χ4n) is 2.66. The minimum absolute atomic E-state index is 0.197. The number of carbonyl (C=O) groups excluding carboxylic acids is 1. The van der Waals surface area contributed by atoms with E-state index in [2.05, 4.69) is 15.3 Å². The molecule has 1 heterocycles. The zero-order chi connectivity index (χ0) is 16.5. The molecule has 0 saturated carbocycles. The number of rotatable bonds is 8. The highest BCUT2D eigenvalue weighted by molar-refractivity contribution is 5.44. The molecular weight excluding hydrogens is 288 g/mol. The van der Waals surface area contributed by atoms with Crippen LogP contribution in [0.4, 0.5) is 0 Å². The van der Waals surface area contributed by atoms with E-state index in [0.717, 1.165) is 12.6 Å². The summed E-state index contributed by atoms with van der Waals surface area (Å²) in [7, 11) is 3.17. The zero-order valence-corrected chi connectivity index (χ0v) is 13.2. The Balaban J connectivity index is 3.17. The molecule has 0 saturated heterocycles. The van der Waals surface area contributed by atoms with Crippen LogP contribution in [-0.2, 0) is 19.0 Å². The third-order valence-electron chi connectivity index (χ3n) is 3.64. The zero-order valence-electron chi connectivity index (χ0n) is 13.2. The number of nitrogens with zero attached hydrogens (tertiary/aromatic N) is 3. The minimum Gasteiger partial charge on any atom is -0.490 e. The molecule has 0 amide bonds. The second-order valence-corrected chi connectivity index (χ2v) is 4.89. The van der Waals surface area contributed by atoms with Crippen molar-refractivity contribution < 1.29 is 19.0 Å². The Morgan fingerprint density at radius 3 is 2.82 bits per heavy atom. The van der Waals surface area contributed by atoms with Crippen molar-refractivity contribution in [2.45, 2.75) is 50.7 Å². The van der Waals surface area contributed by atoms with E-state index >= 15 is 0 Å². The Bertz CT molecular complexity index is 479. The van der Waals surface area contributed by atoms with Crippen molar-refractivity contribution in [1.29, 1.82) is 0 Å². The van der Waals surface area contributed by atoms with Crippen molar-refractivity contribution in [3.63, 3.8) is 0 Å². The van der Waals surface area contributed by atoms with Crippen LogP contribution < -0.4 is 5.32 Å². The monoisotopic (exact) mass is 310 g/mol. The Labute approximate surface area is 129 Å². The molecule has 8 nitrogen and oxygen atoms in total. The molecule has 4 unspecified atom stereocenters. The van der Waals surface area contributed by atoms with Crippen LogP contribution in [-0.4, -0.2) is 50.6 Å². The van der Waals surface area contributed by atoms with Crippen LogP contribution in [0.15, 0.2) is 23.1 Å². The van der Waals surface area contributed by atoms with Gasteiger partial charge < -0.3 is 19.5 Å². The number of nitrogens with one attached hydrogen (secondary N) is 1. The van der Waals surface area contributed by atoms with Crippen LogP contribution in [0, 0.1) is 0 Å². The van der Waals surface area contributed by atoms with Gasteiger partial charge in [-0.3, -0.25) is 0 Å². The molecule has 8 heteroatoms. The van der Waals surface area contributed by atoms with E-state index in [-0.39, 0.29) is 6.10 Å². The van der Waals surface area contributed by atoms with Gasteiger partial charge in [0.25, 0.3) is 0 Å². The van der Waals surface area contributed by atoms with Gasteiger partial charge in [0.15, 0.2) is 0 Å². The van der Waals surface area contributed by atoms with Gasteiger partial charge >= 0.3 is 0 Å². The van der Waals surface area contributed by atoms with Crippen molar-refractivity contribution in [2.24, 2.45) is 5.11 Å². The largest absolute Gasteiger partial charge is 0.490 e.